The molecule has 2 aromatic carbocycles. The lowest BCUT2D eigenvalue weighted by atomic mass is 10.2. The highest BCUT2D eigenvalue weighted by Crippen LogP contribution is 2.16. The Balaban J connectivity index is 1.37. The summed E-state index contributed by atoms with van der Waals surface area (Å²) < 4.78 is 16.8. The largest absolute Gasteiger partial charge is 0.492 e. The number of ether oxygens (including phenoxy) is 3. The number of hydrogen-bond acceptors (Lipinski definition) is 4. The lowest BCUT2D eigenvalue weighted by molar-refractivity contribution is 0.0679. The number of benzene rings is 2. The van der Waals surface area contributed by atoms with E-state index in [1.165, 1.54) is 5.56 Å². The second-order valence-corrected chi connectivity index (χ2v) is 6.39. The first-order chi connectivity index (χ1) is 12.7. The van der Waals surface area contributed by atoms with E-state index < -0.39 is 0 Å². The highest BCUT2D eigenvalue weighted by molar-refractivity contribution is 5.94. The van der Waals surface area contributed by atoms with Crippen molar-refractivity contribution >= 4 is 5.91 Å². The van der Waals surface area contributed by atoms with Gasteiger partial charge in [-0.2, -0.15) is 0 Å². The van der Waals surface area contributed by atoms with E-state index >= 15 is 0 Å². The molecule has 1 saturated heterocycles. The summed E-state index contributed by atoms with van der Waals surface area (Å²) in [5.41, 5.74) is 1.79. The summed E-state index contributed by atoms with van der Waals surface area (Å²) in [4.78, 5) is 12.2. The molecule has 1 amide bonds. The van der Waals surface area contributed by atoms with Gasteiger partial charge in [0, 0.05) is 12.2 Å². The first-order valence-electron chi connectivity index (χ1n) is 9.03. The molecule has 1 atom stereocenters. The molecular weight excluding hydrogens is 330 g/mol. The molecule has 1 N–H and O–H groups in total. The maximum Gasteiger partial charge on any atom is 0.251 e. The lowest BCUT2D eigenvalue weighted by Gasteiger charge is -2.12. The zero-order valence-electron chi connectivity index (χ0n) is 15.1. The molecule has 0 aliphatic carbocycles. The minimum absolute atomic E-state index is 0.122. The fourth-order valence-electron chi connectivity index (χ4n) is 2.74. The van der Waals surface area contributed by atoms with Crippen molar-refractivity contribution in [1.29, 1.82) is 0 Å². The summed E-state index contributed by atoms with van der Waals surface area (Å²) in [5, 5.41) is 2.85. The van der Waals surface area contributed by atoms with Gasteiger partial charge in [0.25, 0.3) is 5.91 Å². The Bertz CT molecular complexity index is 691. The first-order valence-corrected chi connectivity index (χ1v) is 9.03. The Morgan fingerprint density at radius 3 is 2.46 bits per heavy atom. The number of aryl methyl sites for hydroxylation is 1. The summed E-state index contributed by atoms with van der Waals surface area (Å²) in [6.07, 6.45) is 2.33. The maximum atomic E-state index is 12.2. The van der Waals surface area contributed by atoms with Crippen LogP contribution in [0.1, 0.15) is 28.8 Å². The van der Waals surface area contributed by atoms with Crippen molar-refractivity contribution in [2.45, 2.75) is 25.9 Å². The molecular formula is C21H25NO4. The highest BCUT2D eigenvalue weighted by Gasteiger charge is 2.16. The van der Waals surface area contributed by atoms with Gasteiger partial charge >= 0.3 is 0 Å². The monoisotopic (exact) mass is 355 g/mol. The number of carbonyl (C=O) groups excluding carboxylic acids is 1. The van der Waals surface area contributed by atoms with E-state index in [0.29, 0.717) is 25.3 Å². The molecule has 1 heterocycles. The standard InChI is InChI=1S/C21H25NO4/c1-16-4-8-18(9-5-16)25-14-12-22-21(23)17-6-10-19(11-7-17)26-15-20-3-2-13-24-20/h4-11,20H,2-3,12-15H2,1H3,(H,22,23). The molecule has 0 radical (unpaired) electrons. The summed E-state index contributed by atoms with van der Waals surface area (Å²) in [6.45, 7) is 4.28. The molecule has 3 rings (SSSR count). The van der Waals surface area contributed by atoms with Crippen LogP contribution in [0.2, 0.25) is 0 Å². The van der Waals surface area contributed by atoms with Crippen molar-refractivity contribution in [1.82, 2.24) is 5.32 Å². The fourth-order valence-corrected chi connectivity index (χ4v) is 2.74. The van der Waals surface area contributed by atoms with Crippen molar-refractivity contribution in [3.63, 3.8) is 0 Å². The van der Waals surface area contributed by atoms with Crippen LogP contribution in [0.4, 0.5) is 0 Å². The topological polar surface area (TPSA) is 56.8 Å². The first kappa shape index (κ1) is 18.3. The molecule has 5 heteroatoms. The van der Waals surface area contributed by atoms with Crippen LogP contribution in [0.25, 0.3) is 0 Å². The molecule has 0 spiro atoms. The normalized spacial score (nSPS) is 16.3. The second-order valence-electron chi connectivity index (χ2n) is 6.39. The molecule has 26 heavy (non-hydrogen) atoms. The Labute approximate surface area is 154 Å². The van der Waals surface area contributed by atoms with Crippen molar-refractivity contribution in [2.75, 3.05) is 26.4 Å². The van der Waals surface area contributed by atoms with Crippen LogP contribution < -0.4 is 14.8 Å². The molecule has 0 aromatic heterocycles. The Hall–Kier alpha value is -2.53. The molecule has 1 unspecified atom stereocenters. The van der Waals surface area contributed by atoms with E-state index in [9.17, 15) is 4.79 Å². The van der Waals surface area contributed by atoms with Crippen LogP contribution in [-0.4, -0.2) is 38.4 Å². The van der Waals surface area contributed by atoms with Crippen LogP contribution in [-0.2, 0) is 4.74 Å². The number of rotatable bonds is 8. The van der Waals surface area contributed by atoms with E-state index in [4.69, 9.17) is 14.2 Å². The molecule has 5 nitrogen and oxygen atoms in total. The van der Waals surface area contributed by atoms with E-state index in [2.05, 4.69) is 5.32 Å². The third-order valence-electron chi connectivity index (χ3n) is 4.25. The third kappa shape index (κ3) is 5.49. The zero-order valence-corrected chi connectivity index (χ0v) is 15.1. The van der Waals surface area contributed by atoms with Gasteiger partial charge < -0.3 is 19.5 Å². The Morgan fingerprint density at radius 2 is 1.77 bits per heavy atom. The smallest absolute Gasteiger partial charge is 0.251 e. The SMILES string of the molecule is Cc1ccc(OCCNC(=O)c2ccc(OCC3CCCO3)cc2)cc1. The van der Waals surface area contributed by atoms with Gasteiger partial charge in [0.2, 0.25) is 0 Å². The van der Waals surface area contributed by atoms with E-state index in [-0.39, 0.29) is 12.0 Å². The second kappa shape index (κ2) is 9.25. The highest BCUT2D eigenvalue weighted by atomic mass is 16.5. The lowest BCUT2D eigenvalue weighted by Crippen LogP contribution is -2.28. The molecule has 0 bridgehead atoms. The fraction of sp³-hybridized carbons (Fsp3) is 0.381. The third-order valence-corrected chi connectivity index (χ3v) is 4.25. The van der Waals surface area contributed by atoms with E-state index in [1.54, 1.807) is 12.1 Å². The van der Waals surface area contributed by atoms with Crippen molar-refractivity contribution in [2.24, 2.45) is 0 Å². The Kier molecular flexibility index (Phi) is 6.50. The molecule has 138 valence electrons. The van der Waals surface area contributed by atoms with Gasteiger partial charge in [-0.15, -0.1) is 0 Å². The Morgan fingerprint density at radius 1 is 1.08 bits per heavy atom. The molecule has 1 aliphatic rings. The van der Waals surface area contributed by atoms with Gasteiger partial charge in [-0.25, -0.2) is 0 Å². The molecule has 0 saturated carbocycles. The summed E-state index contributed by atoms with van der Waals surface area (Å²) in [7, 11) is 0. The summed E-state index contributed by atoms with van der Waals surface area (Å²) in [5.74, 6) is 1.43. The predicted molar refractivity (Wildman–Crippen MR) is 99.9 cm³/mol. The van der Waals surface area contributed by atoms with Crippen LogP contribution >= 0.6 is 0 Å². The number of amides is 1. The molecule has 1 fully saturated rings. The van der Waals surface area contributed by atoms with E-state index in [1.807, 2.05) is 43.3 Å². The molecule has 1 aliphatic heterocycles. The van der Waals surface area contributed by atoms with Crippen LogP contribution in [0.3, 0.4) is 0 Å². The average Bonchev–Trinajstić information content (AvgIpc) is 3.19. The van der Waals surface area contributed by atoms with E-state index in [0.717, 1.165) is 30.9 Å². The van der Waals surface area contributed by atoms with Crippen molar-refractivity contribution < 1.29 is 19.0 Å². The zero-order chi connectivity index (χ0) is 18.2. The minimum Gasteiger partial charge on any atom is -0.492 e. The number of hydrogen-bond donors (Lipinski definition) is 1. The van der Waals surface area contributed by atoms with Gasteiger partial charge in [-0.05, 0) is 56.2 Å². The number of carbonyl (C=O) groups is 1. The van der Waals surface area contributed by atoms with Crippen LogP contribution in [0, 0.1) is 6.92 Å². The van der Waals surface area contributed by atoms with Crippen LogP contribution in [0.15, 0.2) is 48.5 Å². The van der Waals surface area contributed by atoms with Gasteiger partial charge in [-0.1, -0.05) is 17.7 Å². The van der Waals surface area contributed by atoms with Gasteiger partial charge in [-0.3, -0.25) is 4.79 Å². The van der Waals surface area contributed by atoms with Crippen molar-refractivity contribution in [3.8, 4) is 11.5 Å². The maximum absolute atomic E-state index is 12.2. The molecule has 2 aromatic rings. The van der Waals surface area contributed by atoms with Crippen LogP contribution in [0.5, 0.6) is 11.5 Å². The predicted octanol–water partition coefficient (Wildman–Crippen LogP) is 3.36. The summed E-state index contributed by atoms with van der Waals surface area (Å²) >= 11 is 0. The minimum atomic E-state index is -0.122. The number of nitrogens with one attached hydrogen (secondary N) is 1. The summed E-state index contributed by atoms with van der Waals surface area (Å²) in [6, 6.07) is 15.0. The average molecular weight is 355 g/mol. The van der Waals surface area contributed by atoms with Crippen molar-refractivity contribution in [3.05, 3.63) is 59.7 Å². The van der Waals surface area contributed by atoms with Gasteiger partial charge in [0.15, 0.2) is 0 Å². The van der Waals surface area contributed by atoms with Gasteiger partial charge in [0.05, 0.1) is 12.6 Å². The quantitative estimate of drug-likeness (QED) is 0.738. The van der Waals surface area contributed by atoms with Gasteiger partial charge in [0.1, 0.15) is 24.7 Å².